The lowest BCUT2D eigenvalue weighted by Crippen LogP contribution is -2.08. The third kappa shape index (κ3) is 1.85. The van der Waals surface area contributed by atoms with E-state index in [1.54, 1.807) is 23.0 Å². The first-order chi connectivity index (χ1) is 7.24. The Balaban J connectivity index is 2.36. The van der Waals surface area contributed by atoms with Gasteiger partial charge in [-0.25, -0.2) is 0 Å². The van der Waals surface area contributed by atoms with Crippen molar-refractivity contribution < 1.29 is 9.52 Å². The molecule has 0 amide bonds. The van der Waals surface area contributed by atoms with Crippen LogP contribution >= 0.6 is 15.9 Å². The molecule has 5 heteroatoms. The first kappa shape index (κ1) is 10.4. The maximum absolute atomic E-state index is 10.1. The Kier molecular flexibility index (Phi) is 2.93. The summed E-state index contributed by atoms with van der Waals surface area (Å²) in [5, 5.41) is 14.2. The topological polar surface area (TPSA) is 51.2 Å². The Morgan fingerprint density at radius 2 is 2.40 bits per heavy atom. The van der Waals surface area contributed by atoms with Crippen LogP contribution in [0.5, 0.6) is 0 Å². The van der Waals surface area contributed by atoms with E-state index >= 15 is 0 Å². The highest BCUT2D eigenvalue weighted by atomic mass is 79.9. The molecule has 15 heavy (non-hydrogen) atoms. The van der Waals surface area contributed by atoms with Gasteiger partial charge in [0.2, 0.25) is 0 Å². The van der Waals surface area contributed by atoms with Crippen LogP contribution in [0.3, 0.4) is 0 Å². The number of rotatable bonds is 3. The van der Waals surface area contributed by atoms with Crippen molar-refractivity contribution in [2.75, 3.05) is 0 Å². The minimum atomic E-state index is -0.781. The highest BCUT2D eigenvalue weighted by Gasteiger charge is 2.20. The third-order valence-corrected chi connectivity index (χ3v) is 2.88. The summed E-state index contributed by atoms with van der Waals surface area (Å²) in [4.78, 5) is 0. The van der Waals surface area contributed by atoms with Crippen LogP contribution in [-0.4, -0.2) is 14.9 Å². The van der Waals surface area contributed by atoms with E-state index in [9.17, 15) is 5.11 Å². The van der Waals surface area contributed by atoms with Crippen LogP contribution in [-0.2, 0) is 6.54 Å². The van der Waals surface area contributed by atoms with Gasteiger partial charge < -0.3 is 9.52 Å². The van der Waals surface area contributed by atoms with Crippen molar-refractivity contribution in [2.45, 2.75) is 19.6 Å². The van der Waals surface area contributed by atoms with E-state index in [2.05, 4.69) is 21.0 Å². The van der Waals surface area contributed by atoms with Gasteiger partial charge in [-0.05, 0) is 35.0 Å². The van der Waals surface area contributed by atoms with Gasteiger partial charge in [-0.1, -0.05) is 0 Å². The second-order valence-corrected chi connectivity index (χ2v) is 3.96. The zero-order valence-electron chi connectivity index (χ0n) is 8.22. The molecule has 0 saturated carbocycles. The Morgan fingerprint density at radius 3 is 3.00 bits per heavy atom. The Hall–Kier alpha value is -1.07. The maximum atomic E-state index is 10.1. The number of aryl methyl sites for hydroxylation is 1. The van der Waals surface area contributed by atoms with Gasteiger partial charge >= 0.3 is 0 Å². The number of furan rings is 1. The van der Waals surface area contributed by atoms with Crippen LogP contribution in [0.2, 0.25) is 0 Å². The molecule has 0 aliphatic carbocycles. The molecule has 0 aliphatic rings. The molecular formula is C10H11BrN2O2. The average Bonchev–Trinajstić information content (AvgIpc) is 2.84. The molecule has 2 aromatic rings. The van der Waals surface area contributed by atoms with Crippen molar-refractivity contribution in [2.24, 2.45) is 0 Å². The Bertz CT molecular complexity index is 450. The first-order valence-electron chi connectivity index (χ1n) is 4.66. The molecule has 2 aromatic heterocycles. The molecule has 0 fully saturated rings. The van der Waals surface area contributed by atoms with Crippen LogP contribution < -0.4 is 0 Å². The molecule has 0 aliphatic heterocycles. The van der Waals surface area contributed by atoms with Gasteiger partial charge in [0.25, 0.3) is 0 Å². The number of aromatic nitrogens is 2. The highest BCUT2D eigenvalue weighted by Crippen LogP contribution is 2.29. The molecule has 1 atom stereocenters. The van der Waals surface area contributed by atoms with Crippen molar-refractivity contribution in [3.63, 3.8) is 0 Å². The van der Waals surface area contributed by atoms with Gasteiger partial charge in [0.05, 0.1) is 16.4 Å². The molecule has 80 valence electrons. The predicted molar refractivity (Wildman–Crippen MR) is 58.4 cm³/mol. The van der Waals surface area contributed by atoms with E-state index < -0.39 is 6.10 Å². The summed E-state index contributed by atoms with van der Waals surface area (Å²) in [5.41, 5.74) is 0.730. The molecule has 2 heterocycles. The number of aliphatic hydroxyl groups excluding tert-OH is 1. The SMILES string of the molecule is CCn1nccc1C(O)c1occc1Br. The normalized spacial score (nSPS) is 13.0. The van der Waals surface area contributed by atoms with Crippen LogP contribution in [0.4, 0.5) is 0 Å². The summed E-state index contributed by atoms with van der Waals surface area (Å²) in [6, 6.07) is 3.54. The average molecular weight is 271 g/mol. The van der Waals surface area contributed by atoms with Crippen molar-refractivity contribution in [3.8, 4) is 0 Å². The fourth-order valence-corrected chi connectivity index (χ4v) is 1.89. The fraction of sp³-hybridized carbons (Fsp3) is 0.300. The van der Waals surface area contributed by atoms with Crippen molar-refractivity contribution in [1.82, 2.24) is 9.78 Å². The minimum Gasteiger partial charge on any atom is -0.465 e. The molecule has 4 nitrogen and oxygen atoms in total. The second-order valence-electron chi connectivity index (χ2n) is 3.11. The number of hydrogen-bond acceptors (Lipinski definition) is 3. The Labute approximate surface area is 95.6 Å². The molecular weight excluding hydrogens is 260 g/mol. The quantitative estimate of drug-likeness (QED) is 0.932. The Morgan fingerprint density at radius 1 is 1.60 bits per heavy atom. The molecule has 0 radical (unpaired) electrons. The summed E-state index contributed by atoms with van der Waals surface area (Å²) in [7, 11) is 0. The summed E-state index contributed by atoms with van der Waals surface area (Å²) in [6.07, 6.45) is 2.42. The van der Waals surface area contributed by atoms with E-state index in [4.69, 9.17) is 4.42 Å². The number of aliphatic hydroxyl groups is 1. The van der Waals surface area contributed by atoms with Crippen LogP contribution in [0.25, 0.3) is 0 Å². The lowest BCUT2D eigenvalue weighted by Gasteiger charge is -2.10. The van der Waals surface area contributed by atoms with E-state index in [-0.39, 0.29) is 0 Å². The smallest absolute Gasteiger partial charge is 0.154 e. The zero-order chi connectivity index (χ0) is 10.8. The lowest BCUT2D eigenvalue weighted by atomic mass is 10.2. The fourth-order valence-electron chi connectivity index (χ4n) is 1.47. The predicted octanol–water partition coefficient (Wildman–Crippen LogP) is 2.34. The number of halogens is 1. The van der Waals surface area contributed by atoms with Crippen LogP contribution in [0.15, 0.2) is 33.5 Å². The summed E-state index contributed by atoms with van der Waals surface area (Å²) < 4.78 is 7.71. The number of nitrogens with zero attached hydrogens (tertiary/aromatic N) is 2. The van der Waals surface area contributed by atoms with Gasteiger partial charge in [-0.3, -0.25) is 4.68 Å². The van der Waals surface area contributed by atoms with Crippen molar-refractivity contribution >= 4 is 15.9 Å². The molecule has 2 rings (SSSR count). The summed E-state index contributed by atoms with van der Waals surface area (Å²) in [5.74, 6) is 0.505. The van der Waals surface area contributed by atoms with E-state index in [1.807, 2.05) is 6.92 Å². The highest BCUT2D eigenvalue weighted by molar-refractivity contribution is 9.10. The largest absolute Gasteiger partial charge is 0.465 e. The molecule has 0 aromatic carbocycles. The van der Waals surface area contributed by atoms with Gasteiger partial charge in [0.1, 0.15) is 0 Å². The van der Waals surface area contributed by atoms with Crippen LogP contribution in [0.1, 0.15) is 24.5 Å². The maximum Gasteiger partial charge on any atom is 0.154 e. The van der Waals surface area contributed by atoms with E-state index in [0.717, 1.165) is 16.7 Å². The van der Waals surface area contributed by atoms with E-state index in [0.29, 0.717) is 5.76 Å². The van der Waals surface area contributed by atoms with Crippen molar-refractivity contribution in [3.05, 3.63) is 40.5 Å². The van der Waals surface area contributed by atoms with Crippen molar-refractivity contribution in [1.29, 1.82) is 0 Å². The van der Waals surface area contributed by atoms with Gasteiger partial charge in [-0.2, -0.15) is 5.10 Å². The van der Waals surface area contributed by atoms with Gasteiger partial charge in [0.15, 0.2) is 11.9 Å². The first-order valence-corrected chi connectivity index (χ1v) is 5.46. The van der Waals surface area contributed by atoms with E-state index in [1.165, 1.54) is 6.26 Å². The zero-order valence-corrected chi connectivity index (χ0v) is 9.81. The second kappa shape index (κ2) is 4.20. The molecule has 0 saturated heterocycles. The number of hydrogen-bond donors (Lipinski definition) is 1. The van der Waals surface area contributed by atoms with Gasteiger partial charge in [0, 0.05) is 12.7 Å². The molecule has 0 bridgehead atoms. The molecule has 1 N–H and O–H groups in total. The summed E-state index contributed by atoms with van der Waals surface area (Å²) >= 11 is 3.32. The third-order valence-electron chi connectivity index (χ3n) is 2.22. The van der Waals surface area contributed by atoms with Crippen LogP contribution in [0, 0.1) is 0 Å². The summed E-state index contributed by atoms with van der Waals surface area (Å²) in [6.45, 7) is 2.69. The van der Waals surface area contributed by atoms with Gasteiger partial charge in [-0.15, -0.1) is 0 Å². The molecule has 1 unspecified atom stereocenters. The standard InChI is InChI=1S/C10H11BrN2O2/c1-2-13-8(3-5-12-13)9(14)10-7(11)4-6-15-10/h3-6,9,14H,2H2,1H3. The monoisotopic (exact) mass is 270 g/mol. The molecule has 0 spiro atoms. The lowest BCUT2D eigenvalue weighted by molar-refractivity contribution is 0.177. The minimum absolute atomic E-state index is 0.505.